The lowest BCUT2D eigenvalue weighted by Crippen LogP contribution is -2.48. The SMILES string of the molecule is COc1nn(C)cc1C(=O)N1CCN(c2ccc3ncnc(OC)c3c2)CC1. The molecule has 9 nitrogen and oxygen atoms in total. The molecule has 0 spiro atoms. The van der Waals surface area contributed by atoms with E-state index < -0.39 is 0 Å². The number of aryl methyl sites for hydroxylation is 1. The summed E-state index contributed by atoms with van der Waals surface area (Å²) < 4.78 is 12.2. The van der Waals surface area contributed by atoms with Gasteiger partial charge in [-0.2, -0.15) is 0 Å². The molecule has 0 saturated carbocycles. The molecule has 28 heavy (non-hydrogen) atoms. The number of rotatable bonds is 4. The number of aromatic nitrogens is 4. The molecule has 0 aliphatic carbocycles. The summed E-state index contributed by atoms with van der Waals surface area (Å²) in [7, 11) is 4.90. The van der Waals surface area contributed by atoms with Gasteiger partial charge in [-0.1, -0.05) is 0 Å². The number of methoxy groups -OCH3 is 2. The highest BCUT2D eigenvalue weighted by Crippen LogP contribution is 2.27. The minimum atomic E-state index is -0.0572. The monoisotopic (exact) mass is 382 g/mol. The lowest BCUT2D eigenvalue weighted by atomic mass is 10.1. The molecular formula is C19H22N6O3. The molecule has 9 heteroatoms. The Morgan fingerprint density at radius 3 is 2.50 bits per heavy atom. The molecule has 2 aromatic heterocycles. The number of amides is 1. The highest BCUT2D eigenvalue weighted by molar-refractivity contribution is 5.96. The van der Waals surface area contributed by atoms with Crippen LogP contribution in [-0.2, 0) is 7.05 Å². The number of hydrogen-bond donors (Lipinski definition) is 0. The third kappa shape index (κ3) is 3.19. The summed E-state index contributed by atoms with van der Waals surface area (Å²) in [6.45, 7) is 2.71. The highest BCUT2D eigenvalue weighted by Gasteiger charge is 2.26. The van der Waals surface area contributed by atoms with Crippen LogP contribution in [0.5, 0.6) is 11.8 Å². The minimum Gasteiger partial charge on any atom is -0.480 e. The van der Waals surface area contributed by atoms with Gasteiger partial charge in [0.15, 0.2) is 0 Å². The van der Waals surface area contributed by atoms with Gasteiger partial charge in [0, 0.05) is 45.1 Å². The van der Waals surface area contributed by atoms with Crippen LogP contribution in [0.15, 0.2) is 30.7 Å². The van der Waals surface area contributed by atoms with Crippen molar-refractivity contribution >= 4 is 22.5 Å². The van der Waals surface area contributed by atoms with Gasteiger partial charge in [0.25, 0.3) is 5.91 Å². The topological polar surface area (TPSA) is 85.6 Å². The summed E-state index contributed by atoms with van der Waals surface area (Å²) >= 11 is 0. The Morgan fingerprint density at radius 1 is 1.04 bits per heavy atom. The number of ether oxygens (including phenoxy) is 2. The van der Waals surface area contributed by atoms with Gasteiger partial charge in [-0.15, -0.1) is 5.10 Å². The van der Waals surface area contributed by atoms with E-state index in [0.717, 1.165) is 29.7 Å². The number of carbonyl (C=O) groups excluding carboxylic acids is 1. The quantitative estimate of drug-likeness (QED) is 0.673. The molecule has 1 aromatic carbocycles. The molecule has 1 aliphatic rings. The lowest BCUT2D eigenvalue weighted by Gasteiger charge is -2.36. The summed E-state index contributed by atoms with van der Waals surface area (Å²) in [4.78, 5) is 25.4. The smallest absolute Gasteiger partial charge is 0.261 e. The van der Waals surface area contributed by atoms with Gasteiger partial charge in [-0.05, 0) is 18.2 Å². The molecule has 0 unspecified atom stereocenters. The van der Waals surface area contributed by atoms with E-state index in [2.05, 4.69) is 20.0 Å². The molecule has 0 radical (unpaired) electrons. The summed E-state index contributed by atoms with van der Waals surface area (Å²) in [6, 6.07) is 6.04. The summed E-state index contributed by atoms with van der Waals surface area (Å²) in [5.41, 5.74) is 2.39. The zero-order chi connectivity index (χ0) is 19.7. The molecular weight excluding hydrogens is 360 g/mol. The van der Waals surface area contributed by atoms with Crippen molar-refractivity contribution in [2.24, 2.45) is 7.05 Å². The van der Waals surface area contributed by atoms with Crippen LogP contribution in [0.2, 0.25) is 0 Å². The first-order valence-corrected chi connectivity index (χ1v) is 9.01. The standard InChI is InChI=1S/C19H22N6O3/c1-23-11-15(18(22-23)28-3)19(26)25-8-6-24(7-9-25)13-4-5-16-14(10-13)17(27-2)21-12-20-16/h4-5,10-12H,6-9H2,1-3H3. The second-order valence-corrected chi connectivity index (χ2v) is 6.59. The Balaban J connectivity index is 1.49. The fourth-order valence-corrected chi connectivity index (χ4v) is 3.48. The number of fused-ring (bicyclic) bond motifs is 1. The van der Waals surface area contributed by atoms with E-state index in [0.29, 0.717) is 30.4 Å². The van der Waals surface area contributed by atoms with E-state index in [-0.39, 0.29) is 5.91 Å². The minimum absolute atomic E-state index is 0.0572. The maximum Gasteiger partial charge on any atom is 0.261 e. The number of nitrogens with zero attached hydrogens (tertiary/aromatic N) is 6. The third-order valence-electron chi connectivity index (χ3n) is 4.93. The first kappa shape index (κ1) is 18.0. The third-order valence-corrected chi connectivity index (χ3v) is 4.93. The molecule has 0 atom stereocenters. The van der Waals surface area contributed by atoms with E-state index in [1.165, 1.54) is 13.4 Å². The van der Waals surface area contributed by atoms with Crippen LogP contribution in [0.4, 0.5) is 5.69 Å². The number of anilines is 1. The first-order valence-electron chi connectivity index (χ1n) is 9.01. The Kier molecular flexibility index (Phi) is 4.72. The molecule has 0 bridgehead atoms. The Labute approximate surface area is 162 Å². The van der Waals surface area contributed by atoms with E-state index in [4.69, 9.17) is 9.47 Å². The average molecular weight is 382 g/mol. The van der Waals surface area contributed by atoms with Crippen molar-refractivity contribution in [2.75, 3.05) is 45.3 Å². The Bertz CT molecular complexity index is 1010. The van der Waals surface area contributed by atoms with E-state index >= 15 is 0 Å². The predicted octanol–water partition coefficient (Wildman–Crippen LogP) is 1.34. The summed E-state index contributed by atoms with van der Waals surface area (Å²) in [5, 5.41) is 5.04. The molecule has 3 aromatic rings. The van der Waals surface area contributed by atoms with Crippen LogP contribution < -0.4 is 14.4 Å². The average Bonchev–Trinajstić information content (AvgIpc) is 3.13. The van der Waals surface area contributed by atoms with Crippen molar-refractivity contribution in [3.05, 3.63) is 36.3 Å². The van der Waals surface area contributed by atoms with E-state index in [1.54, 1.807) is 25.0 Å². The first-order chi connectivity index (χ1) is 13.6. The summed E-state index contributed by atoms with van der Waals surface area (Å²) in [5.74, 6) is 0.860. The maximum absolute atomic E-state index is 12.8. The lowest BCUT2D eigenvalue weighted by molar-refractivity contribution is 0.0743. The predicted molar refractivity (Wildman–Crippen MR) is 104 cm³/mol. The molecule has 1 saturated heterocycles. The normalized spacial score (nSPS) is 14.4. The van der Waals surface area contributed by atoms with Crippen LogP contribution in [-0.4, -0.2) is 71.0 Å². The van der Waals surface area contributed by atoms with Gasteiger partial charge in [0.05, 0.1) is 25.1 Å². The molecule has 1 fully saturated rings. The number of benzene rings is 1. The second-order valence-electron chi connectivity index (χ2n) is 6.59. The van der Waals surface area contributed by atoms with E-state index in [1.807, 2.05) is 23.1 Å². The molecule has 1 aliphatic heterocycles. The van der Waals surface area contributed by atoms with Crippen molar-refractivity contribution in [1.82, 2.24) is 24.6 Å². The maximum atomic E-state index is 12.8. The van der Waals surface area contributed by atoms with Crippen molar-refractivity contribution in [3.63, 3.8) is 0 Å². The van der Waals surface area contributed by atoms with Crippen molar-refractivity contribution in [1.29, 1.82) is 0 Å². The van der Waals surface area contributed by atoms with Crippen molar-refractivity contribution < 1.29 is 14.3 Å². The van der Waals surface area contributed by atoms with Crippen LogP contribution >= 0.6 is 0 Å². The van der Waals surface area contributed by atoms with Crippen LogP contribution in [0.1, 0.15) is 10.4 Å². The Morgan fingerprint density at radius 2 is 1.79 bits per heavy atom. The van der Waals surface area contributed by atoms with Gasteiger partial charge < -0.3 is 19.3 Å². The molecule has 1 amide bonds. The number of carbonyl (C=O) groups is 1. The molecule has 0 N–H and O–H groups in total. The zero-order valence-electron chi connectivity index (χ0n) is 16.1. The molecule has 4 rings (SSSR count). The van der Waals surface area contributed by atoms with Crippen molar-refractivity contribution in [2.45, 2.75) is 0 Å². The Hall–Kier alpha value is -3.36. The van der Waals surface area contributed by atoms with Crippen LogP contribution in [0.25, 0.3) is 10.9 Å². The number of piperazine rings is 1. The highest BCUT2D eigenvalue weighted by atomic mass is 16.5. The van der Waals surface area contributed by atoms with Gasteiger partial charge in [0.1, 0.15) is 11.9 Å². The van der Waals surface area contributed by atoms with Gasteiger partial charge in [-0.25, -0.2) is 9.97 Å². The summed E-state index contributed by atoms with van der Waals surface area (Å²) in [6.07, 6.45) is 3.20. The van der Waals surface area contributed by atoms with Crippen LogP contribution in [0, 0.1) is 0 Å². The van der Waals surface area contributed by atoms with Crippen LogP contribution in [0.3, 0.4) is 0 Å². The van der Waals surface area contributed by atoms with Gasteiger partial charge in [-0.3, -0.25) is 9.48 Å². The van der Waals surface area contributed by atoms with Gasteiger partial charge in [0.2, 0.25) is 11.8 Å². The zero-order valence-corrected chi connectivity index (χ0v) is 16.1. The molecule has 3 heterocycles. The van der Waals surface area contributed by atoms with E-state index in [9.17, 15) is 4.79 Å². The van der Waals surface area contributed by atoms with Gasteiger partial charge >= 0.3 is 0 Å². The number of hydrogen-bond acceptors (Lipinski definition) is 7. The molecule has 146 valence electrons. The fraction of sp³-hybridized carbons (Fsp3) is 0.368. The fourth-order valence-electron chi connectivity index (χ4n) is 3.48. The second kappa shape index (κ2) is 7.34. The largest absolute Gasteiger partial charge is 0.480 e. The van der Waals surface area contributed by atoms with Crippen molar-refractivity contribution in [3.8, 4) is 11.8 Å².